The van der Waals surface area contributed by atoms with Crippen molar-refractivity contribution in [2.75, 3.05) is 0 Å². The third kappa shape index (κ3) is 5.48. The van der Waals surface area contributed by atoms with Gasteiger partial charge in [-0.2, -0.15) is 0 Å². The minimum Gasteiger partial charge on any atom is -0.489 e. The molecular formula is C24H21ClO3. The molecule has 142 valence electrons. The summed E-state index contributed by atoms with van der Waals surface area (Å²) in [7, 11) is 0. The summed E-state index contributed by atoms with van der Waals surface area (Å²) in [5.41, 5.74) is 3.74. The highest BCUT2D eigenvalue weighted by molar-refractivity contribution is 6.32. The molecule has 0 aromatic heterocycles. The van der Waals surface area contributed by atoms with Crippen molar-refractivity contribution in [3.8, 4) is 11.5 Å². The Labute approximate surface area is 170 Å². The van der Waals surface area contributed by atoms with Crippen LogP contribution in [-0.4, -0.2) is 5.97 Å². The number of benzene rings is 3. The van der Waals surface area contributed by atoms with Gasteiger partial charge < -0.3 is 9.47 Å². The van der Waals surface area contributed by atoms with Crippen LogP contribution in [-0.2, 0) is 11.4 Å². The van der Waals surface area contributed by atoms with Crippen LogP contribution in [0.25, 0.3) is 6.08 Å². The fraction of sp³-hybridized carbons (Fsp3) is 0.125. The summed E-state index contributed by atoms with van der Waals surface area (Å²) in [6.07, 6.45) is 3.11. The Hall–Kier alpha value is -3.04. The van der Waals surface area contributed by atoms with Gasteiger partial charge in [-0.1, -0.05) is 54.1 Å². The van der Waals surface area contributed by atoms with E-state index in [2.05, 4.69) is 0 Å². The van der Waals surface area contributed by atoms with Crippen molar-refractivity contribution in [2.45, 2.75) is 20.5 Å². The minimum absolute atomic E-state index is 0.439. The second kappa shape index (κ2) is 9.25. The van der Waals surface area contributed by atoms with Crippen LogP contribution in [0.5, 0.6) is 11.5 Å². The van der Waals surface area contributed by atoms with Crippen LogP contribution in [0.1, 0.15) is 22.3 Å². The van der Waals surface area contributed by atoms with Crippen molar-refractivity contribution in [3.63, 3.8) is 0 Å². The zero-order valence-corrected chi connectivity index (χ0v) is 16.6. The number of hydrogen-bond acceptors (Lipinski definition) is 3. The highest BCUT2D eigenvalue weighted by Crippen LogP contribution is 2.26. The fourth-order valence-electron chi connectivity index (χ4n) is 2.70. The second-order valence-corrected chi connectivity index (χ2v) is 6.85. The van der Waals surface area contributed by atoms with Gasteiger partial charge in [0.1, 0.15) is 18.1 Å². The van der Waals surface area contributed by atoms with Gasteiger partial charge in [-0.3, -0.25) is 0 Å². The number of rotatable bonds is 6. The van der Waals surface area contributed by atoms with Crippen molar-refractivity contribution < 1.29 is 14.3 Å². The Morgan fingerprint density at radius 2 is 1.57 bits per heavy atom. The number of esters is 1. The maximum Gasteiger partial charge on any atom is 0.336 e. The van der Waals surface area contributed by atoms with Gasteiger partial charge in [0, 0.05) is 11.1 Å². The molecule has 3 rings (SSSR count). The summed E-state index contributed by atoms with van der Waals surface area (Å²) in [4.78, 5) is 12.1. The molecule has 0 aliphatic rings. The normalized spacial score (nSPS) is 10.8. The fourth-order valence-corrected chi connectivity index (χ4v) is 2.80. The maximum absolute atomic E-state index is 12.1. The number of aryl methyl sites for hydroxylation is 2. The van der Waals surface area contributed by atoms with E-state index in [1.165, 1.54) is 6.08 Å². The largest absolute Gasteiger partial charge is 0.489 e. The lowest BCUT2D eigenvalue weighted by molar-refractivity contribution is -0.128. The van der Waals surface area contributed by atoms with E-state index in [0.717, 1.165) is 28.0 Å². The predicted octanol–water partition coefficient (Wildman–Crippen LogP) is 6.15. The van der Waals surface area contributed by atoms with Gasteiger partial charge in [-0.15, -0.1) is 0 Å². The van der Waals surface area contributed by atoms with E-state index in [-0.39, 0.29) is 0 Å². The van der Waals surface area contributed by atoms with Crippen LogP contribution < -0.4 is 9.47 Å². The Balaban J connectivity index is 1.56. The third-order valence-corrected chi connectivity index (χ3v) is 4.76. The lowest BCUT2D eigenvalue weighted by Gasteiger charge is -2.07. The molecule has 0 radical (unpaired) electrons. The molecule has 0 heterocycles. The van der Waals surface area contributed by atoms with Gasteiger partial charge in [0.25, 0.3) is 0 Å². The average Bonchev–Trinajstić information content (AvgIpc) is 2.70. The first kappa shape index (κ1) is 19.7. The van der Waals surface area contributed by atoms with Crippen LogP contribution in [0.15, 0.2) is 72.8 Å². The van der Waals surface area contributed by atoms with Gasteiger partial charge in [-0.25, -0.2) is 4.79 Å². The van der Waals surface area contributed by atoms with Gasteiger partial charge >= 0.3 is 5.97 Å². The number of halogens is 1. The summed E-state index contributed by atoms with van der Waals surface area (Å²) in [6, 6.07) is 21.0. The van der Waals surface area contributed by atoms with E-state index in [0.29, 0.717) is 17.4 Å². The molecule has 28 heavy (non-hydrogen) atoms. The van der Waals surface area contributed by atoms with E-state index >= 15 is 0 Å². The molecule has 0 saturated carbocycles. The Bertz CT molecular complexity index is 953. The predicted molar refractivity (Wildman–Crippen MR) is 113 cm³/mol. The molecule has 0 unspecified atom stereocenters. The maximum atomic E-state index is 12.1. The van der Waals surface area contributed by atoms with Crippen LogP contribution in [0.3, 0.4) is 0 Å². The van der Waals surface area contributed by atoms with Gasteiger partial charge in [0.05, 0.1) is 0 Å². The van der Waals surface area contributed by atoms with E-state index in [1.807, 2.05) is 68.4 Å². The molecule has 3 nitrogen and oxygen atoms in total. The Morgan fingerprint density at radius 3 is 2.21 bits per heavy atom. The van der Waals surface area contributed by atoms with Crippen LogP contribution in [0.4, 0.5) is 0 Å². The van der Waals surface area contributed by atoms with Crippen molar-refractivity contribution in [1.29, 1.82) is 0 Å². The molecule has 0 atom stereocenters. The Morgan fingerprint density at radius 1 is 0.929 bits per heavy atom. The molecule has 0 aliphatic heterocycles. The molecule has 4 heteroatoms. The van der Waals surface area contributed by atoms with Crippen molar-refractivity contribution in [2.24, 2.45) is 0 Å². The molecular weight excluding hydrogens is 372 g/mol. The van der Waals surface area contributed by atoms with Crippen LogP contribution >= 0.6 is 11.6 Å². The molecule has 0 amide bonds. The number of ether oxygens (including phenoxy) is 2. The average molecular weight is 393 g/mol. The Kier molecular flexibility index (Phi) is 6.51. The monoisotopic (exact) mass is 392 g/mol. The molecule has 3 aromatic carbocycles. The number of hydrogen-bond donors (Lipinski definition) is 0. The van der Waals surface area contributed by atoms with Gasteiger partial charge in [-0.05, 0) is 66.4 Å². The van der Waals surface area contributed by atoms with Crippen LogP contribution in [0, 0.1) is 13.8 Å². The van der Waals surface area contributed by atoms with Crippen molar-refractivity contribution >= 4 is 23.6 Å². The molecule has 0 aliphatic carbocycles. The summed E-state index contributed by atoms with van der Waals surface area (Å²) in [6.45, 7) is 4.27. The highest BCUT2D eigenvalue weighted by atomic mass is 35.5. The molecule has 3 aromatic rings. The highest BCUT2D eigenvalue weighted by Gasteiger charge is 2.06. The lowest BCUT2D eigenvalue weighted by Crippen LogP contribution is -2.04. The summed E-state index contributed by atoms with van der Waals surface area (Å²) in [5.74, 6) is 0.819. The first-order chi connectivity index (χ1) is 13.5. The number of carbonyl (C=O) groups excluding carboxylic acids is 1. The quantitative estimate of drug-likeness (QED) is 0.286. The first-order valence-electron chi connectivity index (χ1n) is 8.95. The summed E-state index contributed by atoms with van der Waals surface area (Å²) in [5, 5.41) is 0.685. The summed E-state index contributed by atoms with van der Waals surface area (Å²) < 4.78 is 11.1. The van der Waals surface area contributed by atoms with E-state index in [9.17, 15) is 4.79 Å². The number of carbonyl (C=O) groups is 1. The SMILES string of the molecule is Cc1cc(OC(=O)/C=C/c2ccc(OCc3ccccc3)cc2)cc(C)c1Cl. The molecule has 0 saturated heterocycles. The molecule has 0 N–H and O–H groups in total. The smallest absolute Gasteiger partial charge is 0.336 e. The van der Waals surface area contributed by atoms with E-state index in [1.54, 1.807) is 18.2 Å². The molecule has 0 bridgehead atoms. The van der Waals surface area contributed by atoms with Crippen molar-refractivity contribution in [3.05, 3.63) is 100 Å². The first-order valence-corrected chi connectivity index (χ1v) is 9.32. The zero-order valence-electron chi connectivity index (χ0n) is 15.8. The van der Waals surface area contributed by atoms with E-state index in [4.69, 9.17) is 21.1 Å². The van der Waals surface area contributed by atoms with E-state index < -0.39 is 5.97 Å². The van der Waals surface area contributed by atoms with Crippen molar-refractivity contribution in [1.82, 2.24) is 0 Å². The summed E-state index contributed by atoms with van der Waals surface area (Å²) >= 11 is 6.13. The van der Waals surface area contributed by atoms with Gasteiger partial charge in [0.15, 0.2) is 0 Å². The zero-order chi connectivity index (χ0) is 19.9. The molecule has 0 spiro atoms. The minimum atomic E-state index is -0.439. The molecule has 0 fully saturated rings. The van der Waals surface area contributed by atoms with Crippen LogP contribution in [0.2, 0.25) is 5.02 Å². The standard InChI is InChI=1S/C24H21ClO3/c1-17-14-22(15-18(2)24(17)25)28-23(26)13-10-19-8-11-21(12-9-19)27-16-20-6-4-3-5-7-20/h3-15H,16H2,1-2H3/b13-10+. The lowest BCUT2D eigenvalue weighted by atomic mass is 10.1. The second-order valence-electron chi connectivity index (χ2n) is 6.47. The van der Waals surface area contributed by atoms with Gasteiger partial charge in [0.2, 0.25) is 0 Å². The topological polar surface area (TPSA) is 35.5 Å². The third-order valence-electron chi connectivity index (χ3n) is 4.17.